The van der Waals surface area contributed by atoms with Gasteiger partial charge in [0.25, 0.3) is 0 Å². The monoisotopic (exact) mass is 349 g/mol. The van der Waals surface area contributed by atoms with Crippen molar-refractivity contribution >= 4 is 16.9 Å². The number of carbonyl (C=O) groups excluding carboxylic acids is 1. The number of hydrogen-bond donors (Lipinski definition) is 2. The quantitative estimate of drug-likeness (QED) is 0.672. The number of furan rings is 1. The Kier molecular flexibility index (Phi) is 4.65. The molecule has 0 bridgehead atoms. The van der Waals surface area contributed by atoms with Gasteiger partial charge in [-0.25, -0.2) is 0 Å². The summed E-state index contributed by atoms with van der Waals surface area (Å²) >= 11 is 0. The third-order valence-corrected chi connectivity index (χ3v) is 4.93. The minimum absolute atomic E-state index is 0.132. The maximum absolute atomic E-state index is 11.9. The van der Waals surface area contributed by atoms with Crippen LogP contribution in [0.4, 0.5) is 0 Å². The molecular weight excluding hydrogens is 326 g/mol. The van der Waals surface area contributed by atoms with Crippen LogP contribution < -0.4 is 5.32 Å². The Morgan fingerprint density at radius 3 is 2.73 bits per heavy atom. The second-order valence-electron chi connectivity index (χ2n) is 7.09. The molecule has 1 heterocycles. The van der Waals surface area contributed by atoms with E-state index in [1.54, 1.807) is 18.2 Å². The molecule has 0 spiro atoms. The molecule has 0 saturated heterocycles. The van der Waals surface area contributed by atoms with Crippen molar-refractivity contribution in [3.63, 3.8) is 0 Å². The van der Waals surface area contributed by atoms with Crippen LogP contribution in [0, 0.1) is 5.92 Å². The zero-order valence-corrected chi connectivity index (χ0v) is 14.7. The van der Waals surface area contributed by atoms with Crippen LogP contribution in [-0.4, -0.2) is 17.6 Å². The lowest BCUT2D eigenvalue weighted by Gasteiger charge is -2.06. The topological polar surface area (TPSA) is 62.5 Å². The van der Waals surface area contributed by atoms with Crippen LogP contribution in [-0.2, 0) is 17.6 Å². The number of hydrogen-bond acceptors (Lipinski definition) is 3. The van der Waals surface area contributed by atoms with Crippen LogP contribution >= 0.6 is 0 Å². The molecule has 2 aromatic carbocycles. The Hall–Kier alpha value is -2.75. The zero-order valence-electron chi connectivity index (χ0n) is 14.7. The van der Waals surface area contributed by atoms with E-state index < -0.39 is 0 Å². The summed E-state index contributed by atoms with van der Waals surface area (Å²) < 4.78 is 6.07. The van der Waals surface area contributed by atoms with Crippen molar-refractivity contribution in [2.75, 3.05) is 6.54 Å². The number of benzene rings is 2. The molecule has 0 unspecified atom stereocenters. The van der Waals surface area contributed by atoms with E-state index in [4.69, 9.17) is 4.42 Å². The molecule has 26 heavy (non-hydrogen) atoms. The molecule has 4 heteroatoms. The van der Waals surface area contributed by atoms with Crippen molar-refractivity contribution < 1.29 is 14.3 Å². The summed E-state index contributed by atoms with van der Waals surface area (Å²) in [7, 11) is 0. The summed E-state index contributed by atoms with van der Waals surface area (Å²) in [6, 6.07) is 15.4. The van der Waals surface area contributed by atoms with E-state index in [2.05, 4.69) is 17.4 Å². The van der Waals surface area contributed by atoms with Crippen molar-refractivity contribution in [2.45, 2.75) is 32.1 Å². The van der Waals surface area contributed by atoms with Crippen LogP contribution in [0.25, 0.3) is 11.0 Å². The minimum atomic E-state index is 0.132. The lowest BCUT2D eigenvalue weighted by molar-refractivity contribution is -0.121. The SMILES string of the molecule is O=C(CC1CC1)NCCc1c(Cc2ccccc2)oc2ccc(O)cc12. The first-order valence-corrected chi connectivity index (χ1v) is 9.23. The summed E-state index contributed by atoms with van der Waals surface area (Å²) in [4.78, 5) is 11.9. The Morgan fingerprint density at radius 2 is 1.96 bits per heavy atom. The summed E-state index contributed by atoms with van der Waals surface area (Å²) in [6.45, 7) is 0.581. The van der Waals surface area contributed by atoms with Crippen molar-refractivity contribution in [3.8, 4) is 5.75 Å². The van der Waals surface area contributed by atoms with Gasteiger partial charge in [-0.2, -0.15) is 0 Å². The number of fused-ring (bicyclic) bond motifs is 1. The number of nitrogens with one attached hydrogen (secondary N) is 1. The molecule has 1 aliphatic carbocycles. The van der Waals surface area contributed by atoms with Gasteiger partial charge in [0.05, 0.1) is 0 Å². The lowest BCUT2D eigenvalue weighted by atomic mass is 10.0. The highest BCUT2D eigenvalue weighted by Crippen LogP contribution is 2.32. The maximum atomic E-state index is 11.9. The van der Waals surface area contributed by atoms with Gasteiger partial charge in [-0.1, -0.05) is 30.3 Å². The minimum Gasteiger partial charge on any atom is -0.508 e. The fourth-order valence-electron chi connectivity index (χ4n) is 3.37. The average Bonchev–Trinajstić information content (AvgIpc) is 3.38. The van der Waals surface area contributed by atoms with E-state index >= 15 is 0 Å². The van der Waals surface area contributed by atoms with E-state index in [0.717, 1.165) is 22.3 Å². The number of carbonyl (C=O) groups is 1. The maximum Gasteiger partial charge on any atom is 0.220 e. The molecule has 4 nitrogen and oxygen atoms in total. The highest BCUT2D eigenvalue weighted by atomic mass is 16.3. The van der Waals surface area contributed by atoms with Crippen molar-refractivity contribution in [3.05, 3.63) is 65.4 Å². The molecule has 0 atom stereocenters. The molecule has 1 fully saturated rings. The summed E-state index contributed by atoms with van der Waals surface area (Å²) in [6.07, 6.45) is 4.39. The van der Waals surface area contributed by atoms with E-state index in [1.807, 2.05) is 18.2 Å². The number of rotatable bonds is 7. The molecule has 2 N–H and O–H groups in total. The van der Waals surface area contributed by atoms with Crippen LogP contribution in [0.5, 0.6) is 5.75 Å². The largest absolute Gasteiger partial charge is 0.508 e. The van der Waals surface area contributed by atoms with Gasteiger partial charge < -0.3 is 14.8 Å². The Morgan fingerprint density at radius 1 is 1.15 bits per heavy atom. The summed E-state index contributed by atoms with van der Waals surface area (Å²) in [5.41, 5.74) is 3.01. The summed E-state index contributed by atoms with van der Waals surface area (Å²) in [5, 5.41) is 13.8. The van der Waals surface area contributed by atoms with Gasteiger partial charge in [0.2, 0.25) is 5.91 Å². The molecule has 0 radical (unpaired) electrons. The van der Waals surface area contributed by atoms with Gasteiger partial charge in [0, 0.05) is 30.3 Å². The van der Waals surface area contributed by atoms with Crippen molar-refractivity contribution in [1.82, 2.24) is 5.32 Å². The van der Waals surface area contributed by atoms with Crippen molar-refractivity contribution in [1.29, 1.82) is 0 Å². The van der Waals surface area contributed by atoms with Gasteiger partial charge in [0.1, 0.15) is 17.1 Å². The van der Waals surface area contributed by atoms with Crippen LogP contribution in [0.15, 0.2) is 52.9 Å². The molecular formula is C22H23NO3. The number of amides is 1. The first kappa shape index (κ1) is 16.7. The number of phenols is 1. The molecule has 1 aliphatic rings. The molecule has 1 aromatic heterocycles. The second-order valence-corrected chi connectivity index (χ2v) is 7.09. The Labute approximate surface area is 152 Å². The molecule has 4 rings (SSSR count). The van der Waals surface area contributed by atoms with E-state index in [1.165, 1.54) is 18.4 Å². The number of phenolic OH excluding ortho intramolecular Hbond substituents is 1. The van der Waals surface area contributed by atoms with Gasteiger partial charge in [-0.3, -0.25) is 4.79 Å². The molecule has 0 aliphatic heterocycles. The van der Waals surface area contributed by atoms with Gasteiger partial charge >= 0.3 is 0 Å². The average molecular weight is 349 g/mol. The smallest absolute Gasteiger partial charge is 0.220 e. The van der Waals surface area contributed by atoms with Gasteiger partial charge in [-0.05, 0) is 48.9 Å². The molecule has 134 valence electrons. The van der Waals surface area contributed by atoms with Crippen LogP contribution in [0.2, 0.25) is 0 Å². The fourth-order valence-corrected chi connectivity index (χ4v) is 3.37. The van der Waals surface area contributed by atoms with E-state index in [9.17, 15) is 9.90 Å². The number of aromatic hydroxyl groups is 1. The van der Waals surface area contributed by atoms with Gasteiger partial charge in [-0.15, -0.1) is 0 Å². The van der Waals surface area contributed by atoms with Crippen LogP contribution in [0.1, 0.15) is 36.1 Å². The van der Waals surface area contributed by atoms with Gasteiger partial charge in [0.15, 0.2) is 0 Å². The Balaban J connectivity index is 1.54. The standard InChI is InChI=1S/C22H23NO3/c24-17-8-9-20-19(14-17)18(10-11-23-22(25)13-16-6-7-16)21(26-20)12-15-4-2-1-3-5-15/h1-5,8-9,14,16,24H,6-7,10-13H2,(H,23,25). The predicted octanol–water partition coefficient (Wildman–Crippen LogP) is 4.19. The second kappa shape index (κ2) is 7.24. The fraction of sp³-hybridized carbons (Fsp3) is 0.318. The van der Waals surface area contributed by atoms with E-state index in [0.29, 0.717) is 31.7 Å². The Bertz CT molecular complexity index is 910. The predicted molar refractivity (Wildman–Crippen MR) is 101 cm³/mol. The molecule has 1 amide bonds. The molecule has 3 aromatic rings. The lowest BCUT2D eigenvalue weighted by Crippen LogP contribution is -2.25. The normalized spacial score (nSPS) is 13.8. The first-order chi connectivity index (χ1) is 12.7. The first-order valence-electron chi connectivity index (χ1n) is 9.23. The summed E-state index contributed by atoms with van der Waals surface area (Å²) in [5.74, 6) is 1.85. The third-order valence-electron chi connectivity index (χ3n) is 4.93. The van der Waals surface area contributed by atoms with Crippen LogP contribution in [0.3, 0.4) is 0 Å². The highest BCUT2D eigenvalue weighted by Gasteiger charge is 2.24. The highest BCUT2D eigenvalue weighted by molar-refractivity contribution is 5.84. The van der Waals surface area contributed by atoms with E-state index in [-0.39, 0.29) is 11.7 Å². The molecule has 1 saturated carbocycles. The third kappa shape index (κ3) is 3.90. The van der Waals surface area contributed by atoms with Crippen molar-refractivity contribution in [2.24, 2.45) is 5.92 Å². The zero-order chi connectivity index (χ0) is 17.9.